The Balaban J connectivity index is 2.06. The van der Waals surface area contributed by atoms with E-state index in [0.717, 1.165) is 16.3 Å². The van der Waals surface area contributed by atoms with E-state index in [0.29, 0.717) is 16.7 Å². The summed E-state index contributed by atoms with van der Waals surface area (Å²) in [4.78, 5) is 22.8. The number of carbonyl (C=O) groups excluding carboxylic acids is 1. The van der Waals surface area contributed by atoms with Crippen molar-refractivity contribution in [3.63, 3.8) is 0 Å². The number of hydrogen-bond donors (Lipinski definition) is 1. The minimum atomic E-state index is -0.446. The van der Waals surface area contributed by atoms with E-state index in [1.807, 2.05) is 18.2 Å². The van der Waals surface area contributed by atoms with E-state index in [1.165, 1.54) is 18.2 Å². The van der Waals surface area contributed by atoms with Crippen molar-refractivity contribution < 1.29 is 14.8 Å². The van der Waals surface area contributed by atoms with E-state index in [9.17, 15) is 20.0 Å². The van der Waals surface area contributed by atoms with Crippen LogP contribution in [-0.2, 0) is 0 Å². The highest BCUT2D eigenvalue weighted by Crippen LogP contribution is 2.38. The van der Waals surface area contributed by atoms with Gasteiger partial charge in [0.05, 0.1) is 4.92 Å². The molecule has 0 bridgehead atoms. The summed E-state index contributed by atoms with van der Waals surface area (Å²) in [5.41, 5.74) is 2.52. The second-order valence-corrected chi connectivity index (χ2v) is 5.60. The number of Topliss-reactive ketones (excluding diaryl/α,β-unsaturated/α-hetero) is 1. The maximum atomic E-state index is 12.2. The molecule has 3 aromatic carbocycles. The molecule has 0 spiro atoms. The van der Waals surface area contributed by atoms with Crippen molar-refractivity contribution in [1.29, 1.82) is 0 Å². The van der Waals surface area contributed by atoms with E-state index in [4.69, 9.17) is 0 Å². The molecule has 0 radical (unpaired) electrons. The molecule has 5 heteroatoms. The number of nitro benzene ring substituents is 1. The van der Waals surface area contributed by atoms with Crippen molar-refractivity contribution in [1.82, 2.24) is 0 Å². The van der Waals surface area contributed by atoms with Gasteiger partial charge >= 0.3 is 0 Å². The Hall–Kier alpha value is -3.47. The Morgan fingerprint density at radius 3 is 2.54 bits per heavy atom. The van der Waals surface area contributed by atoms with Crippen LogP contribution in [0.4, 0.5) is 5.69 Å². The third kappa shape index (κ3) is 1.99. The molecular weight excluding hydrogens is 306 g/mol. The molecule has 0 amide bonds. The van der Waals surface area contributed by atoms with Crippen LogP contribution in [0.2, 0.25) is 0 Å². The number of nitrogens with zero attached hydrogens (tertiary/aromatic N) is 1. The summed E-state index contributed by atoms with van der Waals surface area (Å²) in [5, 5.41) is 22.7. The Morgan fingerprint density at radius 1 is 0.958 bits per heavy atom. The summed E-state index contributed by atoms with van der Waals surface area (Å²) in [6.07, 6.45) is 1.44. The molecule has 0 saturated heterocycles. The van der Waals surface area contributed by atoms with Gasteiger partial charge in [0.1, 0.15) is 0 Å². The van der Waals surface area contributed by atoms with Gasteiger partial charge in [-0.2, -0.15) is 0 Å². The number of allylic oxidation sites excluding steroid dienone is 1. The van der Waals surface area contributed by atoms with Crippen LogP contribution in [-0.4, -0.2) is 15.8 Å². The van der Waals surface area contributed by atoms with Gasteiger partial charge in [-0.05, 0) is 28.2 Å². The predicted molar refractivity (Wildman–Crippen MR) is 91.0 cm³/mol. The van der Waals surface area contributed by atoms with Crippen molar-refractivity contribution in [2.45, 2.75) is 0 Å². The molecule has 0 saturated carbocycles. The van der Waals surface area contributed by atoms with Gasteiger partial charge in [-0.1, -0.05) is 42.5 Å². The number of rotatable bonds is 2. The van der Waals surface area contributed by atoms with Gasteiger partial charge < -0.3 is 5.11 Å². The fraction of sp³-hybridized carbons (Fsp3) is 0. The molecule has 0 heterocycles. The standard InChI is InChI=1S/C19H11NO4/c21-17-10-16-14(12-4-1-5-13(9-12)20(23)24)8-7-11-3-2-6-15(18(11)16)19(17)22/h1-10,21H. The van der Waals surface area contributed by atoms with Crippen LogP contribution in [0.15, 0.2) is 60.4 Å². The van der Waals surface area contributed by atoms with Gasteiger partial charge in [-0.25, -0.2) is 0 Å². The van der Waals surface area contributed by atoms with Crippen LogP contribution < -0.4 is 0 Å². The van der Waals surface area contributed by atoms with E-state index < -0.39 is 10.7 Å². The predicted octanol–water partition coefficient (Wildman–Crippen LogP) is 4.51. The van der Waals surface area contributed by atoms with E-state index in [-0.39, 0.29) is 11.4 Å². The molecule has 1 aliphatic carbocycles. The van der Waals surface area contributed by atoms with Crippen LogP contribution in [0.5, 0.6) is 0 Å². The second-order valence-electron chi connectivity index (χ2n) is 5.60. The number of aliphatic hydroxyl groups is 1. The quantitative estimate of drug-likeness (QED) is 0.557. The highest BCUT2D eigenvalue weighted by atomic mass is 16.6. The average Bonchev–Trinajstić information content (AvgIpc) is 2.59. The van der Waals surface area contributed by atoms with Crippen LogP contribution in [0.25, 0.3) is 28.0 Å². The molecule has 0 unspecified atom stereocenters. The number of ketones is 1. The Morgan fingerprint density at radius 2 is 1.75 bits per heavy atom. The zero-order valence-electron chi connectivity index (χ0n) is 12.4. The zero-order chi connectivity index (χ0) is 16.8. The lowest BCUT2D eigenvalue weighted by Gasteiger charge is -2.17. The molecule has 0 aromatic heterocycles. The van der Waals surface area contributed by atoms with Crippen molar-refractivity contribution >= 4 is 28.3 Å². The Labute approximate surface area is 136 Å². The smallest absolute Gasteiger partial charge is 0.270 e. The number of aliphatic hydroxyl groups excluding tert-OH is 1. The fourth-order valence-electron chi connectivity index (χ4n) is 3.13. The van der Waals surface area contributed by atoms with Gasteiger partial charge in [0.25, 0.3) is 5.69 Å². The maximum absolute atomic E-state index is 12.2. The van der Waals surface area contributed by atoms with Crippen LogP contribution >= 0.6 is 0 Å². The summed E-state index contributed by atoms with van der Waals surface area (Å²) in [7, 11) is 0. The summed E-state index contributed by atoms with van der Waals surface area (Å²) in [5.74, 6) is -0.739. The lowest BCUT2D eigenvalue weighted by atomic mass is 9.86. The van der Waals surface area contributed by atoms with Gasteiger partial charge in [-0.3, -0.25) is 14.9 Å². The lowest BCUT2D eigenvalue weighted by molar-refractivity contribution is -0.384. The molecule has 0 aliphatic heterocycles. The summed E-state index contributed by atoms with van der Waals surface area (Å²) < 4.78 is 0. The Kier molecular flexibility index (Phi) is 2.96. The number of hydrogen-bond acceptors (Lipinski definition) is 4. The monoisotopic (exact) mass is 317 g/mol. The third-order valence-electron chi connectivity index (χ3n) is 4.21. The van der Waals surface area contributed by atoms with Crippen molar-refractivity contribution in [3.05, 3.63) is 81.6 Å². The first kappa shape index (κ1) is 14.1. The normalized spacial score (nSPS) is 13.0. The fourth-order valence-corrected chi connectivity index (χ4v) is 3.13. The summed E-state index contributed by atoms with van der Waals surface area (Å²) >= 11 is 0. The maximum Gasteiger partial charge on any atom is 0.270 e. The van der Waals surface area contributed by atoms with Gasteiger partial charge in [0.15, 0.2) is 5.76 Å². The van der Waals surface area contributed by atoms with E-state index in [2.05, 4.69) is 0 Å². The minimum Gasteiger partial charge on any atom is -0.504 e. The molecule has 1 N–H and O–H groups in total. The number of carbonyl (C=O) groups is 1. The number of benzene rings is 3. The molecule has 116 valence electrons. The van der Waals surface area contributed by atoms with Crippen molar-refractivity contribution in [2.24, 2.45) is 0 Å². The first-order chi connectivity index (χ1) is 11.6. The van der Waals surface area contributed by atoms with E-state index >= 15 is 0 Å². The van der Waals surface area contributed by atoms with Crippen LogP contribution in [0.3, 0.4) is 0 Å². The van der Waals surface area contributed by atoms with Gasteiger partial charge in [0.2, 0.25) is 5.78 Å². The SMILES string of the molecule is O=C1C(O)=Cc2c(-c3cccc([N+](=O)[O-])c3)ccc3cccc1c23. The topological polar surface area (TPSA) is 80.4 Å². The number of non-ortho nitro benzene ring substituents is 1. The molecule has 0 fully saturated rings. The second kappa shape index (κ2) is 5.03. The molecule has 3 aromatic rings. The van der Waals surface area contributed by atoms with Crippen LogP contribution in [0.1, 0.15) is 15.9 Å². The average molecular weight is 317 g/mol. The first-order valence-corrected chi connectivity index (χ1v) is 7.32. The third-order valence-corrected chi connectivity index (χ3v) is 4.21. The molecule has 4 rings (SSSR count). The first-order valence-electron chi connectivity index (χ1n) is 7.32. The molecule has 1 aliphatic rings. The Bertz CT molecular complexity index is 1070. The van der Waals surface area contributed by atoms with Crippen LogP contribution in [0, 0.1) is 10.1 Å². The zero-order valence-corrected chi connectivity index (χ0v) is 12.4. The van der Waals surface area contributed by atoms with Crippen molar-refractivity contribution in [2.75, 3.05) is 0 Å². The molecule has 5 nitrogen and oxygen atoms in total. The minimum absolute atomic E-state index is 0.00632. The summed E-state index contributed by atoms with van der Waals surface area (Å²) in [6.45, 7) is 0. The van der Waals surface area contributed by atoms with E-state index in [1.54, 1.807) is 24.3 Å². The molecule has 24 heavy (non-hydrogen) atoms. The lowest BCUT2D eigenvalue weighted by Crippen LogP contribution is -2.09. The number of nitro groups is 1. The van der Waals surface area contributed by atoms with Gasteiger partial charge in [-0.15, -0.1) is 0 Å². The van der Waals surface area contributed by atoms with Crippen molar-refractivity contribution in [3.8, 4) is 11.1 Å². The largest absolute Gasteiger partial charge is 0.504 e. The molecule has 0 atom stereocenters. The highest BCUT2D eigenvalue weighted by molar-refractivity contribution is 6.22. The highest BCUT2D eigenvalue weighted by Gasteiger charge is 2.23. The van der Waals surface area contributed by atoms with Gasteiger partial charge in [0, 0.05) is 23.1 Å². The molecular formula is C19H11NO4. The summed E-state index contributed by atoms with van der Waals surface area (Å²) in [6, 6.07) is 15.4.